The van der Waals surface area contributed by atoms with E-state index < -0.39 is 29.7 Å². The van der Waals surface area contributed by atoms with E-state index >= 15 is 0 Å². The van der Waals surface area contributed by atoms with Gasteiger partial charge in [-0.3, -0.25) is 35.0 Å². The fourth-order valence-corrected chi connectivity index (χ4v) is 11.3. The van der Waals surface area contributed by atoms with Gasteiger partial charge in [0.2, 0.25) is 0 Å². The first-order valence-corrected chi connectivity index (χ1v) is 41.8. The zero-order valence-corrected chi connectivity index (χ0v) is 78.0. The van der Waals surface area contributed by atoms with E-state index in [0.29, 0.717) is 113 Å². The summed E-state index contributed by atoms with van der Waals surface area (Å²) in [7, 11) is 0. The lowest BCUT2D eigenvalue weighted by atomic mass is 10.1. The average molecular weight is 1810 g/mol. The highest BCUT2D eigenvalue weighted by atomic mass is 35.9. The molecule has 0 amide bonds. The third kappa shape index (κ3) is 44.0. The Kier molecular flexibility index (Phi) is 62.7. The summed E-state index contributed by atoms with van der Waals surface area (Å²) in [6, 6.07) is 14.5. The Bertz CT molecular complexity index is 4760. The second-order valence-electron chi connectivity index (χ2n) is 25.9. The Morgan fingerprint density at radius 2 is 1.05 bits per heavy atom. The number of hydrogen-bond donors (Lipinski definition) is 7. The second-order valence-corrected chi connectivity index (χ2v) is 31.5. The lowest BCUT2D eigenvalue weighted by Gasteiger charge is -2.27. The van der Waals surface area contributed by atoms with Crippen molar-refractivity contribution in [1.29, 1.82) is 5.26 Å². The third-order valence-electron chi connectivity index (χ3n) is 14.5. The van der Waals surface area contributed by atoms with Crippen molar-refractivity contribution in [2.75, 3.05) is 51.9 Å². The number of anilines is 1. The van der Waals surface area contributed by atoms with Gasteiger partial charge in [-0.05, 0) is 213 Å². The molecular weight excluding hydrogens is 1690 g/mol. The molecule has 0 aliphatic carbocycles. The number of carbonyl (C=O) groups is 4. The van der Waals surface area contributed by atoms with Crippen LogP contribution in [0.2, 0.25) is 10.2 Å². The molecule has 0 unspecified atom stereocenters. The number of hydrazine groups is 1. The largest absolute Gasteiger partial charge is 0.507 e. The first-order chi connectivity index (χ1) is 55.5. The fourth-order valence-electron chi connectivity index (χ4n) is 9.58. The van der Waals surface area contributed by atoms with Crippen LogP contribution in [0.25, 0.3) is 37.9 Å². The standard InChI is InChI=1S/C12H17N3O2.C10H11Cl2N3.C10H13N3O2.C9H17N3.C8H11NO2.C8H18O3.C6H5Cl2OP.C6H10O3.C5H7NO2.C3H10N2.2CO2.ClH/c1-5-8-10(16)9-7(4)14-15(6(2)3)11(9)13-12(8)17;1-5(2)15-10-9(6(3)14-15)7(11)4-8(12)13-10;1-5(2)13-10-9(6(3)12-13)7(14)4-8(15)11-10;1-5-8-7(4)11-12(6(2)3)9(8)10;1-4-11-8(10)7(5-9)6(2)3;1-5-9-8(4,10-6-2)11-7-3;7-10(8,9)6-4-2-1-3-5-6;1-3-9-6(8)4-5(2)7;1-3-8-5(7)4-6-2;1-3(2)5-4;2*2-1-3;/h6H,5H2,1-4H3,(H2,13,16,17);4-5H,1-3H3;4-5H,1-3H3,(H2,11,14,15);6H,5,10H2,1-4H3;4H2,1-3H3;5-7H2,1-4H3;1-5H;3-4H2,1-2H3;3-4H2,1H3;3,5H,4H2,1-2H3;;;1H. The van der Waals surface area contributed by atoms with Gasteiger partial charge in [0, 0.05) is 73.9 Å². The number of rotatable bonds is 21. The zero-order valence-electron chi connectivity index (χ0n) is 73.3. The van der Waals surface area contributed by atoms with Crippen molar-refractivity contribution in [2.45, 2.75) is 235 Å². The van der Waals surface area contributed by atoms with Gasteiger partial charge in [0.25, 0.3) is 22.9 Å². The van der Waals surface area contributed by atoms with E-state index in [2.05, 4.69) is 80.6 Å². The number of nitriles is 1. The molecule has 0 fully saturated rings. The molecule has 1 aromatic carbocycles. The SMILES string of the molecule is CC(C)NN.CCOC(=O)C(C#N)=C(C)C.CCOC(=O)CC(C)=O.CCOC(C)(OCC)OCC.CCc1c(C)nn(C(C)C)c1N.CCc1c(O)c2c(C)nn(C(C)C)c2[nH]c1=O.Cc1nn(C(C)C)c2[nH]c(=O)cc(O)c12.Cc1nn(C(C)C)c2nc(Cl)cc(Cl)c12.Cl.O=C=O.O=C=O.O=P(Cl)(Cl)c1ccccc1.[C-]#[N+]CC(=O)OCC. The number of aromatic nitrogens is 11. The van der Waals surface area contributed by atoms with E-state index in [1.165, 1.54) is 18.6 Å². The number of nitrogens with one attached hydrogen (secondary N) is 3. The maximum Gasteiger partial charge on any atom is 0.387 e. The number of nitrogen functional groups attached to an aromatic ring is 1. The molecule has 0 bridgehead atoms. The van der Waals surface area contributed by atoms with Crippen LogP contribution >= 0.6 is 63.9 Å². The number of ketones is 1. The minimum atomic E-state index is -3.07. The first kappa shape index (κ1) is 119. The summed E-state index contributed by atoms with van der Waals surface area (Å²) in [5, 5.41) is 49.3. The number of carbonyl (C=O) groups excluding carboxylic acids is 8. The highest BCUT2D eigenvalue weighted by Crippen LogP contribution is 2.55. The quantitative estimate of drug-likeness (QED) is 0.00300. The molecule has 7 aromatic heterocycles. The molecule has 670 valence electrons. The van der Waals surface area contributed by atoms with Crippen LogP contribution in [0.1, 0.15) is 217 Å². The van der Waals surface area contributed by atoms with Crippen molar-refractivity contribution in [3.8, 4) is 17.6 Å². The molecule has 8 aromatic rings. The van der Waals surface area contributed by atoms with Gasteiger partial charge in [-0.2, -0.15) is 44.8 Å². The monoisotopic (exact) mass is 1800 g/mol. The van der Waals surface area contributed by atoms with E-state index in [1.54, 1.807) is 94.2 Å². The average Bonchev–Trinajstić information content (AvgIpc) is 2.21. The predicted molar refractivity (Wildman–Crippen MR) is 467 cm³/mol. The summed E-state index contributed by atoms with van der Waals surface area (Å²) in [6.07, 6.45) is 1.86. The van der Waals surface area contributed by atoms with Gasteiger partial charge in [-0.25, -0.2) is 39.9 Å². The molecule has 8 rings (SSSR count). The number of Topliss-reactive ketones (excluding diaryl/α,β-unsaturated/α-hetero) is 1. The number of aromatic hydroxyl groups is 2. The van der Waals surface area contributed by atoms with Crippen molar-refractivity contribution in [3.05, 3.63) is 130 Å². The lowest BCUT2D eigenvalue weighted by molar-refractivity contribution is -0.365. The molecule has 0 atom stereocenters. The van der Waals surface area contributed by atoms with E-state index in [9.17, 15) is 43.5 Å². The number of nitrogens with two attached hydrogens (primary N) is 2. The highest BCUT2D eigenvalue weighted by Gasteiger charge is 2.25. The van der Waals surface area contributed by atoms with Gasteiger partial charge in [0.05, 0.1) is 69.3 Å². The molecule has 0 aliphatic heterocycles. The van der Waals surface area contributed by atoms with Crippen LogP contribution in [0, 0.1) is 45.6 Å². The number of aromatic amines is 2. The number of pyridine rings is 3. The Balaban J connectivity index is -0.000000410. The smallest absolute Gasteiger partial charge is 0.387 e. The molecular formula is C79H120Cl5N16O19P. The van der Waals surface area contributed by atoms with E-state index in [4.69, 9.17) is 102 Å². The lowest BCUT2D eigenvalue weighted by Crippen LogP contribution is -2.35. The summed E-state index contributed by atoms with van der Waals surface area (Å²) >= 11 is 22.7. The number of hydrogen-bond acceptors (Lipinski definition) is 28. The van der Waals surface area contributed by atoms with Crippen LogP contribution in [-0.4, -0.2) is 158 Å². The Morgan fingerprint density at radius 1 is 0.642 bits per heavy atom. The van der Waals surface area contributed by atoms with Gasteiger partial charge in [0.1, 0.15) is 57.6 Å². The van der Waals surface area contributed by atoms with E-state index in [-0.39, 0.29) is 89.8 Å². The molecule has 0 aliphatic rings. The van der Waals surface area contributed by atoms with Crippen LogP contribution in [0.3, 0.4) is 0 Å². The normalized spacial score (nSPS) is 10.1. The van der Waals surface area contributed by atoms with Crippen molar-refractivity contribution in [1.82, 2.24) is 59.5 Å². The maximum atomic E-state index is 11.8. The number of benzene rings is 1. The zero-order chi connectivity index (χ0) is 93.0. The second kappa shape index (κ2) is 63.3. The summed E-state index contributed by atoms with van der Waals surface area (Å²) in [5.74, 6) is 0.299. The molecule has 0 saturated heterocycles. The molecule has 35 nitrogen and oxygen atoms in total. The Labute approximate surface area is 726 Å². The number of halogens is 5. The number of esters is 3. The van der Waals surface area contributed by atoms with Crippen LogP contribution in [0.15, 0.2) is 63.2 Å². The van der Waals surface area contributed by atoms with E-state index in [0.717, 1.165) is 40.4 Å². The van der Waals surface area contributed by atoms with Gasteiger partial charge in [-0.1, -0.05) is 60.8 Å². The molecule has 0 saturated carbocycles. The summed E-state index contributed by atoms with van der Waals surface area (Å²) < 4.78 is 47.5. The van der Waals surface area contributed by atoms with Gasteiger partial charge in [0.15, 0.2) is 5.65 Å². The van der Waals surface area contributed by atoms with Crippen LogP contribution in [0.4, 0.5) is 5.82 Å². The minimum Gasteiger partial charge on any atom is -0.507 e. The Morgan fingerprint density at radius 3 is 1.40 bits per heavy atom. The minimum absolute atomic E-state index is 0. The molecule has 0 radical (unpaired) electrons. The highest BCUT2D eigenvalue weighted by molar-refractivity contribution is 8.13. The van der Waals surface area contributed by atoms with Gasteiger partial charge in [-0.15, -0.1) is 12.4 Å². The molecule has 9 N–H and O–H groups in total. The summed E-state index contributed by atoms with van der Waals surface area (Å²) in [5.41, 5.74) is 15.6. The van der Waals surface area contributed by atoms with Crippen molar-refractivity contribution in [3.63, 3.8) is 0 Å². The van der Waals surface area contributed by atoms with Gasteiger partial charge < -0.3 is 59.2 Å². The van der Waals surface area contributed by atoms with Gasteiger partial charge >= 0.3 is 36.8 Å². The number of fused-ring (bicyclic) bond motifs is 3. The third-order valence-corrected chi connectivity index (χ3v) is 17.1. The molecule has 41 heteroatoms. The Hall–Kier alpha value is -9.67. The number of ether oxygens (including phenoxy) is 6. The fraction of sp³-hybridized carbons (Fsp3) is 0.532. The van der Waals surface area contributed by atoms with Crippen molar-refractivity contribution >= 4 is 144 Å². The van der Waals surface area contributed by atoms with Crippen LogP contribution < -0.4 is 33.4 Å². The predicted octanol–water partition coefficient (Wildman–Crippen LogP) is 15.0. The molecule has 120 heavy (non-hydrogen) atoms. The topological polar surface area (TPSA) is 492 Å². The summed E-state index contributed by atoms with van der Waals surface area (Å²) in [6.45, 7) is 57.9. The van der Waals surface area contributed by atoms with Crippen molar-refractivity contribution < 1.29 is 81.6 Å². The number of aryl methyl sites for hydroxylation is 4. The molecule has 0 spiro atoms. The number of H-pyrrole nitrogens is 2. The van der Waals surface area contributed by atoms with E-state index in [1.807, 2.05) is 119 Å². The molecule has 7 heterocycles. The van der Waals surface area contributed by atoms with Crippen LogP contribution in [-0.2, 0) is 84.2 Å². The first-order valence-electron chi connectivity index (χ1n) is 37.5. The van der Waals surface area contributed by atoms with Crippen molar-refractivity contribution in [2.24, 2.45) is 5.84 Å². The maximum absolute atomic E-state index is 11.8. The number of nitrogens with zero attached hydrogens (tertiary/aromatic N) is 11. The van der Waals surface area contributed by atoms with Crippen LogP contribution in [0.5, 0.6) is 11.5 Å². The summed E-state index contributed by atoms with van der Waals surface area (Å²) in [4.78, 5) is 110. The number of allylic oxidation sites excluding steroid dienone is 1.